The fraction of sp³-hybridized carbons (Fsp3) is 0.700. The van der Waals surface area contributed by atoms with Crippen LogP contribution in [0, 0.1) is 0 Å². The number of nitrogens with zero attached hydrogens (tertiary/aromatic N) is 2. The van der Waals surface area contributed by atoms with Gasteiger partial charge in [0.2, 0.25) is 0 Å². The average Bonchev–Trinajstić information content (AvgIpc) is 2.86. The van der Waals surface area contributed by atoms with Crippen LogP contribution >= 0.6 is 11.3 Å². The summed E-state index contributed by atoms with van der Waals surface area (Å²) in [5.74, 6) is 0.653. The molecule has 2 rings (SSSR count). The zero-order valence-electron chi connectivity index (χ0n) is 8.57. The lowest BCUT2D eigenvalue weighted by molar-refractivity contribution is 0.354. The minimum absolute atomic E-state index is 0.570. The highest BCUT2D eigenvalue weighted by molar-refractivity contribution is 7.09. The van der Waals surface area contributed by atoms with Crippen LogP contribution in [0.2, 0.25) is 0 Å². The molecule has 78 valence electrons. The van der Waals surface area contributed by atoms with Crippen LogP contribution in [0.15, 0.2) is 5.38 Å². The summed E-state index contributed by atoms with van der Waals surface area (Å²) < 4.78 is 0. The molecular weight excluding hydrogens is 194 g/mol. The molecule has 0 radical (unpaired) electrons. The van der Waals surface area contributed by atoms with Crippen molar-refractivity contribution in [2.45, 2.75) is 25.8 Å². The molecule has 0 saturated carbocycles. The molecule has 4 heteroatoms. The van der Waals surface area contributed by atoms with Gasteiger partial charge in [0.15, 0.2) is 0 Å². The molecule has 1 fully saturated rings. The molecule has 1 atom stereocenters. The van der Waals surface area contributed by atoms with Crippen LogP contribution in [-0.2, 0) is 6.54 Å². The van der Waals surface area contributed by atoms with Gasteiger partial charge in [-0.05, 0) is 19.5 Å². The van der Waals surface area contributed by atoms with Gasteiger partial charge in [0.05, 0.1) is 10.7 Å². The van der Waals surface area contributed by atoms with Crippen LogP contribution in [0.5, 0.6) is 0 Å². The zero-order chi connectivity index (χ0) is 9.97. The Labute approximate surface area is 88.9 Å². The SMILES string of the molecule is CCN1CCC(c2nc(CN)cs2)C1. The Morgan fingerprint density at radius 3 is 3.14 bits per heavy atom. The van der Waals surface area contributed by atoms with Crippen LogP contribution in [0.4, 0.5) is 0 Å². The molecular formula is C10H17N3S. The molecule has 0 bridgehead atoms. The van der Waals surface area contributed by atoms with E-state index < -0.39 is 0 Å². The van der Waals surface area contributed by atoms with Crippen molar-refractivity contribution in [2.75, 3.05) is 19.6 Å². The molecule has 3 nitrogen and oxygen atoms in total. The van der Waals surface area contributed by atoms with Crippen molar-refractivity contribution >= 4 is 11.3 Å². The minimum Gasteiger partial charge on any atom is -0.325 e. The van der Waals surface area contributed by atoms with Crippen molar-refractivity contribution in [3.05, 3.63) is 16.1 Å². The summed E-state index contributed by atoms with van der Waals surface area (Å²) in [5.41, 5.74) is 6.59. The predicted octanol–water partition coefficient (Wildman–Crippen LogP) is 1.41. The smallest absolute Gasteiger partial charge is 0.0973 e. The first kappa shape index (κ1) is 10.1. The van der Waals surface area contributed by atoms with Gasteiger partial charge in [0, 0.05) is 24.4 Å². The average molecular weight is 211 g/mol. The predicted molar refractivity (Wildman–Crippen MR) is 59.5 cm³/mol. The Morgan fingerprint density at radius 1 is 1.71 bits per heavy atom. The lowest BCUT2D eigenvalue weighted by atomic mass is 10.1. The summed E-state index contributed by atoms with van der Waals surface area (Å²) in [6, 6.07) is 0. The molecule has 1 aliphatic rings. The summed E-state index contributed by atoms with van der Waals surface area (Å²) in [4.78, 5) is 7.03. The maximum Gasteiger partial charge on any atom is 0.0973 e. The van der Waals surface area contributed by atoms with Gasteiger partial charge in [-0.2, -0.15) is 0 Å². The maximum atomic E-state index is 5.55. The van der Waals surface area contributed by atoms with E-state index in [0.29, 0.717) is 12.5 Å². The van der Waals surface area contributed by atoms with Crippen molar-refractivity contribution in [2.24, 2.45) is 5.73 Å². The number of aromatic nitrogens is 1. The number of hydrogen-bond acceptors (Lipinski definition) is 4. The third kappa shape index (κ3) is 1.97. The lowest BCUT2D eigenvalue weighted by Gasteiger charge is -2.11. The van der Waals surface area contributed by atoms with Gasteiger partial charge in [-0.25, -0.2) is 4.98 Å². The highest BCUT2D eigenvalue weighted by Crippen LogP contribution is 2.29. The van der Waals surface area contributed by atoms with E-state index in [4.69, 9.17) is 5.73 Å². The van der Waals surface area contributed by atoms with Crippen LogP contribution in [0.1, 0.15) is 30.0 Å². The molecule has 2 heterocycles. The minimum atomic E-state index is 0.570. The Bertz CT molecular complexity index is 297. The van der Waals surface area contributed by atoms with E-state index in [-0.39, 0.29) is 0 Å². The number of likely N-dealkylation sites (tertiary alicyclic amines) is 1. The van der Waals surface area contributed by atoms with Crippen molar-refractivity contribution in [3.8, 4) is 0 Å². The first-order valence-electron chi connectivity index (χ1n) is 5.20. The maximum absolute atomic E-state index is 5.55. The van der Waals surface area contributed by atoms with Crippen molar-refractivity contribution in [1.82, 2.24) is 9.88 Å². The molecule has 1 saturated heterocycles. The number of nitrogens with two attached hydrogens (primary N) is 1. The molecule has 1 aromatic heterocycles. The first-order chi connectivity index (χ1) is 6.83. The Kier molecular flexibility index (Phi) is 3.15. The van der Waals surface area contributed by atoms with Crippen molar-refractivity contribution in [1.29, 1.82) is 0 Å². The lowest BCUT2D eigenvalue weighted by Crippen LogP contribution is -2.19. The summed E-state index contributed by atoms with van der Waals surface area (Å²) in [6.45, 7) is 6.34. The fourth-order valence-electron chi connectivity index (χ4n) is 1.93. The van der Waals surface area contributed by atoms with E-state index in [1.165, 1.54) is 24.5 Å². The molecule has 1 unspecified atom stereocenters. The number of rotatable bonds is 3. The fourth-order valence-corrected chi connectivity index (χ4v) is 2.89. The largest absolute Gasteiger partial charge is 0.325 e. The standard InChI is InChI=1S/C10H17N3S/c1-2-13-4-3-8(6-13)10-12-9(5-11)7-14-10/h7-8H,2-6,11H2,1H3. The van der Waals surface area contributed by atoms with E-state index >= 15 is 0 Å². The number of hydrogen-bond donors (Lipinski definition) is 1. The van der Waals surface area contributed by atoms with Gasteiger partial charge in [0.1, 0.15) is 0 Å². The molecule has 1 aliphatic heterocycles. The molecule has 0 aliphatic carbocycles. The van der Waals surface area contributed by atoms with E-state index in [1.807, 2.05) is 0 Å². The molecule has 14 heavy (non-hydrogen) atoms. The van der Waals surface area contributed by atoms with Crippen LogP contribution < -0.4 is 5.73 Å². The van der Waals surface area contributed by atoms with Gasteiger partial charge >= 0.3 is 0 Å². The quantitative estimate of drug-likeness (QED) is 0.822. The van der Waals surface area contributed by atoms with Gasteiger partial charge < -0.3 is 10.6 Å². The van der Waals surface area contributed by atoms with Gasteiger partial charge in [-0.1, -0.05) is 6.92 Å². The monoisotopic (exact) mass is 211 g/mol. The topological polar surface area (TPSA) is 42.2 Å². The summed E-state index contributed by atoms with van der Waals surface area (Å²) in [6.07, 6.45) is 1.26. The second kappa shape index (κ2) is 4.38. The summed E-state index contributed by atoms with van der Waals surface area (Å²) in [7, 11) is 0. The van der Waals surface area contributed by atoms with Crippen molar-refractivity contribution < 1.29 is 0 Å². The van der Waals surface area contributed by atoms with E-state index in [1.54, 1.807) is 11.3 Å². The second-order valence-corrected chi connectivity index (χ2v) is 4.65. The van der Waals surface area contributed by atoms with Crippen LogP contribution in [0.25, 0.3) is 0 Å². The third-order valence-corrected chi connectivity index (χ3v) is 3.90. The Hall–Kier alpha value is -0.450. The molecule has 2 N–H and O–H groups in total. The van der Waals surface area contributed by atoms with Crippen LogP contribution in [0.3, 0.4) is 0 Å². The van der Waals surface area contributed by atoms with Gasteiger partial charge in [-0.3, -0.25) is 0 Å². The summed E-state index contributed by atoms with van der Waals surface area (Å²) in [5, 5.41) is 3.37. The van der Waals surface area contributed by atoms with Gasteiger partial charge in [0.25, 0.3) is 0 Å². The van der Waals surface area contributed by atoms with E-state index in [0.717, 1.165) is 12.2 Å². The van der Waals surface area contributed by atoms with Crippen molar-refractivity contribution in [3.63, 3.8) is 0 Å². The van der Waals surface area contributed by atoms with E-state index in [9.17, 15) is 0 Å². The third-order valence-electron chi connectivity index (χ3n) is 2.85. The molecule has 0 aromatic carbocycles. The summed E-state index contributed by atoms with van der Waals surface area (Å²) >= 11 is 1.77. The normalized spacial score (nSPS) is 23.1. The highest BCUT2D eigenvalue weighted by Gasteiger charge is 2.24. The first-order valence-corrected chi connectivity index (χ1v) is 6.08. The molecule has 1 aromatic rings. The number of likely N-dealkylation sites (N-methyl/N-ethyl adjacent to an activating group) is 1. The van der Waals surface area contributed by atoms with E-state index in [2.05, 4.69) is 22.2 Å². The zero-order valence-corrected chi connectivity index (χ0v) is 9.39. The number of thiazole rings is 1. The van der Waals surface area contributed by atoms with Gasteiger partial charge in [-0.15, -0.1) is 11.3 Å². The Morgan fingerprint density at radius 2 is 2.57 bits per heavy atom. The highest BCUT2D eigenvalue weighted by atomic mass is 32.1. The van der Waals surface area contributed by atoms with Crippen LogP contribution in [-0.4, -0.2) is 29.5 Å². The molecule has 0 amide bonds. The second-order valence-electron chi connectivity index (χ2n) is 3.76. The molecule has 0 spiro atoms. The Balaban J connectivity index is 2.02.